The first-order valence-corrected chi connectivity index (χ1v) is 10.5. The second kappa shape index (κ2) is 9.92. The summed E-state index contributed by atoms with van der Waals surface area (Å²) in [4.78, 5) is 0. The van der Waals surface area contributed by atoms with Crippen molar-refractivity contribution in [3.05, 3.63) is 59.7 Å². The molecular weight excluding hydrogens is 314 g/mol. The van der Waals surface area contributed by atoms with Crippen LogP contribution in [0, 0.1) is 5.41 Å². The highest BCUT2D eigenvalue weighted by molar-refractivity contribution is 5.64. The predicted molar refractivity (Wildman–Crippen MR) is 116 cm³/mol. The van der Waals surface area contributed by atoms with Crippen molar-refractivity contribution in [2.45, 2.75) is 72.1 Å². The minimum atomic E-state index is 0.328. The summed E-state index contributed by atoms with van der Waals surface area (Å²) in [5.41, 5.74) is 11.9. The third kappa shape index (κ3) is 4.98. The zero-order valence-electron chi connectivity index (χ0n) is 17.2. The standard InChI is InChI=1S/C25H37N/c1-5-20-9-11-23(12-10-20)24-15-13-22(14-16-24)21(6-2)17-18-25(7-3,8-4)19-26/h9-16,21H,5-8,17-19,26H2,1-4H3. The van der Waals surface area contributed by atoms with Gasteiger partial charge in [-0.2, -0.15) is 0 Å². The van der Waals surface area contributed by atoms with Gasteiger partial charge < -0.3 is 5.73 Å². The molecule has 0 aliphatic heterocycles. The van der Waals surface area contributed by atoms with Gasteiger partial charge in [-0.3, -0.25) is 0 Å². The summed E-state index contributed by atoms with van der Waals surface area (Å²) in [6.45, 7) is 9.89. The van der Waals surface area contributed by atoms with E-state index in [2.05, 4.69) is 76.2 Å². The summed E-state index contributed by atoms with van der Waals surface area (Å²) in [5, 5.41) is 0. The first-order valence-electron chi connectivity index (χ1n) is 10.5. The highest BCUT2D eigenvalue weighted by Crippen LogP contribution is 2.36. The lowest BCUT2D eigenvalue weighted by Gasteiger charge is -2.32. The van der Waals surface area contributed by atoms with Crippen molar-refractivity contribution in [1.29, 1.82) is 0 Å². The van der Waals surface area contributed by atoms with Gasteiger partial charge in [-0.05, 0) is 78.7 Å². The number of hydrogen-bond acceptors (Lipinski definition) is 1. The average Bonchev–Trinajstić information content (AvgIpc) is 2.72. The van der Waals surface area contributed by atoms with Crippen LogP contribution in [0.15, 0.2) is 48.5 Å². The van der Waals surface area contributed by atoms with Crippen LogP contribution in [0.1, 0.15) is 76.8 Å². The molecule has 142 valence electrons. The van der Waals surface area contributed by atoms with E-state index in [0.717, 1.165) is 13.0 Å². The smallest absolute Gasteiger partial charge is 0.00207 e. The van der Waals surface area contributed by atoms with Gasteiger partial charge in [0.25, 0.3) is 0 Å². The van der Waals surface area contributed by atoms with E-state index < -0.39 is 0 Å². The van der Waals surface area contributed by atoms with Crippen molar-refractivity contribution in [3.8, 4) is 11.1 Å². The molecule has 1 atom stereocenters. The fourth-order valence-electron chi connectivity index (χ4n) is 3.96. The largest absolute Gasteiger partial charge is 0.330 e. The molecule has 0 aliphatic carbocycles. The molecule has 0 radical (unpaired) electrons. The first kappa shape index (κ1) is 20.7. The molecule has 0 aromatic heterocycles. The zero-order valence-corrected chi connectivity index (χ0v) is 17.2. The van der Waals surface area contributed by atoms with Crippen molar-refractivity contribution in [1.82, 2.24) is 0 Å². The van der Waals surface area contributed by atoms with Crippen LogP contribution < -0.4 is 5.73 Å². The van der Waals surface area contributed by atoms with E-state index in [1.807, 2.05) is 0 Å². The van der Waals surface area contributed by atoms with Crippen LogP contribution >= 0.6 is 0 Å². The van der Waals surface area contributed by atoms with E-state index >= 15 is 0 Å². The van der Waals surface area contributed by atoms with Gasteiger partial charge in [0, 0.05) is 0 Å². The van der Waals surface area contributed by atoms with Crippen LogP contribution in [0.4, 0.5) is 0 Å². The number of benzene rings is 2. The topological polar surface area (TPSA) is 26.0 Å². The molecule has 26 heavy (non-hydrogen) atoms. The monoisotopic (exact) mass is 351 g/mol. The Balaban J connectivity index is 2.09. The van der Waals surface area contributed by atoms with Crippen molar-refractivity contribution >= 4 is 0 Å². The SMILES string of the molecule is CCc1ccc(-c2ccc(C(CC)CCC(CC)(CC)CN)cc2)cc1. The molecule has 0 heterocycles. The molecule has 2 rings (SSSR count). The Kier molecular flexibility index (Phi) is 7.90. The summed E-state index contributed by atoms with van der Waals surface area (Å²) in [6, 6.07) is 18.2. The van der Waals surface area contributed by atoms with E-state index in [1.54, 1.807) is 0 Å². The van der Waals surface area contributed by atoms with Gasteiger partial charge in [-0.15, -0.1) is 0 Å². The lowest BCUT2D eigenvalue weighted by atomic mass is 9.75. The predicted octanol–water partition coefficient (Wildman–Crippen LogP) is 6.95. The van der Waals surface area contributed by atoms with Crippen LogP contribution in [0.25, 0.3) is 11.1 Å². The molecule has 0 saturated heterocycles. The molecule has 2 N–H and O–H groups in total. The molecule has 0 aliphatic rings. The number of hydrogen-bond donors (Lipinski definition) is 1. The number of aryl methyl sites for hydroxylation is 1. The van der Waals surface area contributed by atoms with Crippen LogP contribution in [-0.2, 0) is 6.42 Å². The fourth-order valence-corrected chi connectivity index (χ4v) is 3.96. The van der Waals surface area contributed by atoms with Gasteiger partial charge >= 0.3 is 0 Å². The summed E-state index contributed by atoms with van der Waals surface area (Å²) in [7, 11) is 0. The molecule has 0 fully saturated rings. The van der Waals surface area contributed by atoms with E-state index in [-0.39, 0.29) is 0 Å². The lowest BCUT2D eigenvalue weighted by Crippen LogP contribution is -2.29. The van der Waals surface area contributed by atoms with Gasteiger partial charge in [-0.25, -0.2) is 0 Å². The number of nitrogens with two attached hydrogens (primary N) is 1. The average molecular weight is 352 g/mol. The third-order valence-corrected chi connectivity index (χ3v) is 6.53. The Morgan fingerprint density at radius 3 is 1.77 bits per heavy atom. The molecule has 0 spiro atoms. The minimum absolute atomic E-state index is 0.328. The van der Waals surface area contributed by atoms with Crippen LogP contribution in [0.2, 0.25) is 0 Å². The molecule has 1 nitrogen and oxygen atoms in total. The second-order valence-electron chi connectivity index (χ2n) is 7.73. The van der Waals surface area contributed by atoms with E-state index in [1.165, 1.54) is 54.4 Å². The van der Waals surface area contributed by atoms with Gasteiger partial charge in [0.15, 0.2) is 0 Å². The van der Waals surface area contributed by atoms with Gasteiger partial charge in [0.05, 0.1) is 0 Å². The fraction of sp³-hybridized carbons (Fsp3) is 0.520. The Morgan fingerprint density at radius 2 is 1.35 bits per heavy atom. The molecule has 1 heteroatoms. The molecular formula is C25H37N. The maximum Gasteiger partial charge on any atom is -0.00207 e. The maximum atomic E-state index is 6.10. The highest BCUT2D eigenvalue weighted by Gasteiger charge is 2.25. The second-order valence-corrected chi connectivity index (χ2v) is 7.73. The molecule has 2 aromatic carbocycles. The van der Waals surface area contributed by atoms with E-state index in [4.69, 9.17) is 5.73 Å². The van der Waals surface area contributed by atoms with Crippen LogP contribution in [0.3, 0.4) is 0 Å². The van der Waals surface area contributed by atoms with Crippen molar-refractivity contribution < 1.29 is 0 Å². The summed E-state index contributed by atoms with van der Waals surface area (Å²) in [5.74, 6) is 0.635. The Bertz CT molecular complexity index is 627. The summed E-state index contributed by atoms with van der Waals surface area (Å²) < 4.78 is 0. The van der Waals surface area contributed by atoms with Crippen molar-refractivity contribution in [3.63, 3.8) is 0 Å². The molecule has 0 saturated carbocycles. The Morgan fingerprint density at radius 1 is 0.808 bits per heavy atom. The zero-order chi connectivity index (χ0) is 19.0. The Hall–Kier alpha value is -1.60. The van der Waals surface area contributed by atoms with Gasteiger partial charge in [0.2, 0.25) is 0 Å². The summed E-state index contributed by atoms with van der Waals surface area (Å²) >= 11 is 0. The number of rotatable bonds is 10. The van der Waals surface area contributed by atoms with E-state index in [0.29, 0.717) is 11.3 Å². The summed E-state index contributed by atoms with van der Waals surface area (Å²) in [6.07, 6.45) is 7.12. The third-order valence-electron chi connectivity index (χ3n) is 6.53. The van der Waals surface area contributed by atoms with E-state index in [9.17, 15) is 0 Å². The molecule has 1 unspecified atom stereocenters. The van der Waals surface area contributed by atoms with Crippen LogP contribution in [-0.4, -0.2) is 6.54 Å². The minimum Gasteiger partial charge on any atom is -0.330 e. The van der Waals surface area contributed by atoms with Crippen molar-refractivity contribution in [2.75, 3.05) is 6.54 Å². The molecule has 0 bridgehead atoms. The van der Waals surface area contributed by atoms with Crippen LogP contribution in [0.5, 0.6) is 0 Å². The Labute approximate surface area is 161 Å². The van der Waals surface area contributed by atoms with Gasteiger partial charge in [-0.1, -0.05) is 76.2 Å². The first-order chi connectivity index (χ1) is 12.6. The molecule has 0 amide bonds. The normalized spacial score (nSPS) is 13.0. The lowest BCUT2D eigenvalue weighted by molar-refractivity contribution is 0.235. The maximum absolute atomic E-state index is 6.10. The molecule has 2 aromatic rings. The van der Waals surface area contributed by atoms with Gasteiger partial charge in [0.1, 0.15) is 0 Å². The highest BCUT2D eigenvalue weighted by atomic mass is 14.6. The quantitative estimate of drug-likeness (QED) is 0.492. The van der Waals surface area contributed by atoms with Crippen molar-refractivity contribution in [2.24, 2.45) is 11.1 Å².